The zero-order chi connectivity index (χ0) is 11.2. The van der Waals surface area contributed by atoms with E-state index in [1.165, 1.54) is 17.3 Å². The molecule has 2 nitrogen and oxygen atoms in total. The third-order valence-corrected chi connectivity index (χ3v) is 5.30. The standard InChI is InChI=1S/C12H14N2S2/c13-7-10-3-1-2-4-12(10)14-8-11-9-15-5-6-16-11/h1-4,11,14H,5-6,8-9H2. The van der Waals surface area contributed by atoms with Gasteiger partial charge in [-0.3, -0.25) is 0 Å². The number of nitrogens with one attached hydrogen (secondary N) is 1. The van der Waals surface area contributed by atoms with Crippen LogP contribution in [0.4, 0.5) is 5.69 Å². The van der Waals surface area contributed by atoms with Crippen molar-refractivity contribution in [2.75, 3.05) is 29.1 Å². The van der Waals surface area contributed by atoms with E-state index in [2.05, 4.69) is 11.4 Å². The fourth-order valence-corrected chi connectivity index (χ4v) is 4.22. The summed E-state index contributed by atoms with van der Waals surface area (Å²) in [4.78, 5) is 0. The van der Waals surface area contributed by atoms with E-state index in [0.29, 0.717) is 5.25 Å². The SMILES string of the molecule is N#Cc1ccccc1NCC1CSCCS1. The minimum Gasteiger partial charge on any atom is -0.383 e. The monoisotopic (exact) mass is 250 g/mol. The molecule has 0 amide bonds. The van der Waals surface area contributed by atoms with Crippen LogP contribution in [0.3, 0.4) is 0 Å². The molecule has 1 aromatic carbocycles. The number of hydrogen-bond acceptors (Lipinski definition) is 4. The van der Waals surface area contributed by atoms with Gasteiger partial charge in [0.2, 0.25) is 0 Å². The molecule has 1 fully saturated rings. The maximum Gasteiger partial charge on any atom is 0.101 e. The summed E-state index contributed by atoms with van der Waals surface area (Å²) < 4.78 is 0. The summed E-state index contributed by atoms with van der Waals surface area (Å²) in [5, 5.41) is 13.0. The molecule has 1 heterocycles. The van der Waals surface area contributed by atoms with Crippen LogP contribution in [-0.2, 0) is 0 Å². The molecule has 1 aliphatic heterocycles. The first-order chi connectivity index (χ1) is 7.90. The van der Waals surface area contributed by atoms with Crippen LogP contribution in [0.1, 0.15) is 5.56 Å². The van der Waals surface area contributed by atoms with Gasteiger partial charge < -0.3 is 5.32 Å². The van der Waals surface area contributed by atoms with Gasteiger partial charge in [-0.2, -0.15) is 28.8 Å². The molecule has 0 saturated carbocycles. The van der Waals surface area contributed by atoms with Gasteiger partial charge in [0.15, 0.2) is 0 Å². The van der Waals surface area contributed by atoms with Crippen LogP contribution >= 0.6 is 23.5 Å². The van der Waals surface area contributed by atoms with Gasteiger partial charge in [0.25, 0.3) is 0 Å². The van der Waals surface area contributed by atoms with Crippen LogP contribution in [-0.4, -0.2) is 29.1 Å². The van der Waals surface area contributed by atoms with E-state index in [0.717, 1.165) is 17.8 Å². The smallest absolute Gasteiger partial charge is 0.101 e. The first kappa shape index (κ1) is 11.7. The van der Waals surface area contributed by atoms with Gasteiger partial charge in [0, 0.05) is 29.1 Å². The first-order valence-corrected chi connectivity index (χ1v) is 7.53. The Morgan fingerprint density at radius 2 is 2.25 bits per heavy atom. The van der Waals surface area contributed by atoms with E-state index in [1.807, 2.05) is 47.8 Å². The molecule has 0 aromatic heterocycles. The Bertz CT molecular complexity index is 381. The summed E-state index contributed by atoms with van der Waals surface area (Å²) in [6.07, 6.45) is 0. The Kier molecular flexibility index (Phi) is 4.44. The van der Waals surface area contributed by atoms with Gasteiger partial charge in [-0.25, -0.2) is 0 Å². The molecule has 1 atom stereocenters. The van der Waals surface area contributed by atoms with Crippen molar-refractivity contribution in [2.24, 2.45) is 0 Å². The van der Waals surface area contributed by atoms with Gasteiger partial charge in [-0.15, -0.1) is 0 Å². The van der Waals surface area contributed by atoms with Crippen molar-refractivity contribution in [1.29, 1.82) is 5.26 Å². The summed E-state index contributed by atoms with van der Waals surface area (Å²) in [5.41, 5.74) is 1.69. The number of anilines is 1. The van der Waals surface area contributed by atoms with Gasteiger partial charge >= 0.3 is 0 Å². The first-order valence-electron chi connectivity index (χ1n) is 5.32. The summed E-state index contributed by atoms with van der Waals surface area (Å²) in [6.45, 7) is 0.955. The van der Waals surface area contributed by atoms with Crippen molar-refractivity contribution in [2.45, 2.75) is 5.25 Å². The molecule has 1 unspecified atom stereocenters. The maximum absolute atomic E-state index is 8.96. The topological polar surface area (TPSA) is 35.8 Å². The molecular weight excluding hydrogens is 236 g/mol. The number of rotatable bonds is 3. The van der Waals surface area contributed by atoms with Crippen molar-refractivity contribution in [3.63, 3.8) is 0 Å². The summed E-state index contributed by atoms with van der Waals surface area (Å²) in [6, 6.07) is 9.89. The fraction of sp³-hybridized carbons (Fsp3) is 0.417. The van der Waals surface area contributed by atoms with Crippen molar-refractivity contribution in [3.05, 3.63) is 29.8 Å². The number of hydrogen-bond donors (Lipinski definition) is 1. The lowest BCUT2D eigenvalue weighted by molar-refractivity contribution is 1.00. The average Bonchev–Trinajstić information content (AvgIpc) is 2.38. The number of benzene rings is 1. The third-order valence-electron chi connectivity index (χ3n) is 2.45. The quantitative estimate of drug-likeness (QED) is 0.895. The summed E-state index contributed by atoms with van der Waals surface area (Å²) in [7, 11) is 0. The molecule has 84 valence electrons. The second-order valence-electron chi connectivity index (χ2n) is 3.61. The Balaban J connectivity index is 1.91. The zero-order valence-corrected chi connectivity index (χ0v) is 10.6. The van der Waals surface area contributed by atoms with Crippen molar-refractivity contribution >= 4 is 29.2 Å². The van der Waals surface area contributed by atoms with Crippen LogP contribution in [0.2, 0.25) is 0 Å². The number of thioether (sulfide) groups is 2. The predicted octanol–water partition coefficient (Wildman–Crippen LogP) is 2.82. The fourth-order valence-electron chi connectivity index (χ4n) is 1.61. The number of para-hydroxylation sites is 1. The van der Waals surface area contributed by atoms with E-state index in [1.54, 1.807) is 0 Å². The van der Waals surface area contributed by atoms with Crippen molar-refractivity contribution < 1.29 is 0 Å². The molecule has 0 aliphatic carbocycles. The highest BCUT2D eigenvalue weighted by atomic mass is 32.2. The Morgan fingerprint density at radius 1 is 1.38 bits per heavy atom. The van der Waals surface area contributed by atoms with Gasteiger partial charge in [0.05, 0.1) is 11.3 Å². The lowest BCUT2D eigenvalue weighted by Crippen LogP contribution is -2.23. The Morgan fingerprint density at radius 3 is 3.00 bits per heavy atom. The summed E-state index contributed by atoms with van der Waals surface area (Å²) in [5.74, 6) is 3.74. The molecule has 1 aliphatic rings. The molecule has 4 heteroatoms. The van der Waals surface area contributed by atoms with Crippen molar-refractivity contribution in [1.82, 2.24) is 0 Å². The lowest BCUT2D eigenvalue weighted by Gasteiger charge is -2.21. The van der Waals surface area contributed by atoms with E-state index in [9.17, 15) is 0 Å². The molecule has 1 N–H and O–H groups in total. The Labute approximate surface area is 105 Å². The minimum atomic E-state index is 0.672. The normalized spacial score (nSPS) is 20.1. The predicted molar refractivity (Wildman–Crippen MR) is 73.2 cm³/mol. The van der Waals surface area contributed by atoms with E-state index in [-0.39, 0.29) is 0 Å². The second-order valence-corrected chi connectivity index (χ2v) is 6.16. The van der Waals surface area contributed by atoms with E-state index >= 15 is 0 Å². The molecule has 1 saturated heterocycles. The molecule has 0 bridgehead atoms. The molecule has 16 heavy (non-hydrogen) atoms. The largest absolute Gasteiger partial charge is 0.383 e. The second kappa shape index (κ2) is 6.07. The molecule has 1 aromatic rings. The third kappa shape index (κ3) is 3.10. The maximum atomic E-state index is 8.96. The van der Waals surface area contributed by atoms with Gasteiger partial charge in [-0.1, -0.05) is 12.1 Å². The Hall–Kier alpha value is -0.790. The van der Waals surface area contributed by atoms with Crippen LogP contribution in [0.5, 0.6) is 0 Å². The van der Waals surface area contributed by atoms with Crippen LogP contribution in [0.15, 0.2) is 24.3 Å². The van der Waals surface area contributed by atoms with Crippen molar-refractivity contribution in [3.8, 4) is 6.07 Å². The highest BCUT2D eigenvalue weighted by Crippen LogP contribution is 2.24. The molecule has 0 spiro atoms. The van der Waals surface area contributed by atoms with E-state index in [4.69, 9.17) is 5.26 Å². The molecule has 0 radical (unpaired) electrons. The molecular formula is C12H14N2S2. The lowest BCUT2D eigenvalue weighted by atomic mass is 10.2. The van der Waals surface area contributed by atoms with Gasteiger partial charge in [-0.05, 0) is 12.1 Å². The number of nitriles is 1. The van der Waals surface area contributed by atoms with Crippen LogP contribution in [0.25, 0.3) is 0 Å². The number of nitrogens with zero attached hydrogens (tertiary/aromatic N) is 1. The highest BCUT2D eigenvalue weighted by molar-refractivity contribution is 8.06. The summed E-state index contributed by atoms with van der Waals surface area (Å²) >= 11 is 4.05. The highest BCUT2D eigenvalue weighted by Gasteiger charge is 2.14. The van der Waals surface area contributed by atoms with Gasteiger partial charge in [0.1, 0.15) is 6.07 Å². The van der Waals surface area contributed by atoms with E-state index < -0.39 is 0 Å². The zero-order valence-electron chi connectivity index (χ0n) is 8.98. The minimum absolute atomic E-state index is 0.672. The average molecular weight is 250 g/mol. The van der Waals surface area contributed by atoms with Crippen LogP contribution < -0.4 is 5.32 Å². The molecule has 2 rings (SSSR count). The van der Waals surface area contributed by atoms with Crippen LogP contribution in [0, 0.1) is 11.3 Å².